The fourth-order valence-electron chi connectivity index (χ4n) is 1.68. The van der Waals surface area contributed by atoms with Gasteiger partial charge in [-0.3, -0.25) is 11.3 Å². The van der Waals surface area contributed by atoms with Gasteiger partial charge in [-0.1, -0.05) is 6.07 Å². The molecule has 96 valence electrons. The van der Waals surface area contributed by atoms with E-state index in [1.165, 1.54) is 8.95 Å². The molecule has 18 heavy (non-hydrogen) atoms. The highest BCUT2D eigenvalue weighted by Gasteiger charge is 2.13. The molecule has 0 aliphatic rings. The summed E-state index contributed by atoms with van der Waals surface area (Å²) in [4.78, 5) is 0. The van der Waals surface area contributed by atoms with Gasteiger partial charge in [0.05, 0.1) is 13.4 Å². The van der Waals surface area contributed by atoms with Crippen LogP contribution in [-0.4, -0.2) is 0 Å². The molecule has 2 rings (SSSR count). The largest absolute Gasteiger partial charge is 0.271 e. The van der Waals surface area contributed by atoms with E-state index in [1.807, 2.05) is 0 Å². The smallest absolute Gasteiger partial charge is 0.137 e. The monoisotopic (exact) mass is 440 g/mol. The molecule has 1 atom stereocenters. The van der Waals surface area contributed by atoms with Crippen molar-refractivity contribution in [2.75, 3.05) is 0 Å². The molecule has 2 aromatic rings. The first-order valence-corrected chi connectivity index (χ1v) is 7.99. The number of nitrogens with one attached hydrogen (secondary N) is 1. The van der Waals surface area contributed by atoms with E-state index in [0.29, 0.717) is 4.47 Å². The van der Waals surface area contributed by atoms with Crippen molar-refractivity contribution in [2.24, 2.45) is 5.84 Å². The Kier molecular flexibility index (Phi) is 5.14. The summed E-state index contributed by atoms with van der Waals surface area (Å²) in [5.41, 5.74) is 5.00. The maximum Gasteiger partial charge on any atom is 0.137 e. The topological polar surface area (TPSA) is 38.0 Å². The van der Waals surface area contributed by atoms with Crippen LogP contribution in [0.15, 0.2) is 34.1 Å². The molecule has 0 amide bonds. The molecule has 1 aromatic carbocycles. The Morgan fingerprint density at radius 3 is 2.78 bits per heavy atom. The number of rotatable bonds is 4. The lowest BCUT2D eigenvalue weighted by atomic mass is 10.0. The second-order valence-electron chi connectivity index (χ2n) is 3.86. The molecule has 0 fully saturated rings. The molecule has 0 spiro atoms. The SMILES string of the molecule is NNC(Cc1ccc(F)c(Br)c1)c1csc(I)c1. The second-order valence-corrected chi connectivity index (χ2v) is 7.52. The van der Waals surface area contributed by atoms with E-state index in [0.717, 1.165) is 17.5 Å². The number of hydrazine groups is 1. The number of nitrogens with two attached hydrogens (primary N) is 1. The van der Waals surface area contributed by atoms with Crippen molar-refractivity contribution < 1.29 is 4.39 Å². The first kappa shape index (κ1) is 14.4. The van der Waals surface area contributed by atoms with E-state index in [2.05, 4.69) is 55.4 Å². The van der Waals surface area contributed by atoms with Crippen molar-refractivity contribution >= 4 is 49.9 Å². The van der Waals surface area contributed by atoms with Crippen LogP contribution in [0.5, 0.6) is 0 Å². The highest BCUT2D eigenvalue weighted by Crippen LogP contribution is 2.26. The highest BCUT2D eigenvalue weighted by molar-refractivity contribution is 14.1. The molecule has 0 saturated heterocycles. The summed E-state index contributed by atoms with van der Waals surface area (Å²) in [6.07, 6.45) is 0.724. The summed E-state index contributed by atoms with van der Waals surface area (Å²) in [7, 11) is 0. The van der Waals surface area contributed by atoms with E-state index in [1.54, 1.807) is 23.5 Å². The van der Waals surface area contributed by atoms with Crippen LogP contribution in [0.3, 0.4) is 0 Å². The quantitative estimate of drug-likeness (QED) is 0.428. The predicted molar refractivity (Wildman–Crippen MR) is 84.9 cm³/mol. The minimum absolute atomic E-state index is 0.0436. The maximum atomic E-state index is 13.2. The number of hydrogen-bond donors (Lipinski definition) is 2. The zero-order chi connectivity index (χ0) is 13.1. The van der Waals surface area contributed by atoms with Gasteiger partial charge in [-0.05, 0) is 79.6 Å². The van der Waals surface area contributed by atoms with E-state index in [9.17, 15) is 4.39 Å². The molecule has 1 unspecified atom stereocenters. The van der Waals surface area contributed by atoms with E-state index >= 15 is 0 Å². The zero-order valence-electron chi connectivity index (χ0n) is 9.29. The van der Waals surface area contributed by atoms with Gasteiger partial charge in [-0.15, -0.1) is 11.3 Å². The molecule has 6 heteroatoms. The summed E-state index contributed by atoms with van der Waals surface area (Å²) in [5.74, 6) is 5.35. The average molecular weight is 441 g/mol. The maximum absolute atomic E-state index is 13.2. The minimum atomic E-state index is -0.249. The minimum Gasteiger partial charge on any atom is -0.271 e. The van der Waals surface area contributed by atoms with E-state index in [4.69, 9.17) is 5.84 Å². The van der Waals surface area contributed by atoms with Crippen LogP contribution in [0.1, 0.15) is 17.2 Å². The summed E-state index contributed by atoms with van der Waals surface area (Å²) in [6, 6.07) is 7.18. The lowest BCUT2D eigenvalue weighted by molar-refractivity contribution is 0.552. The van der Waals surface area contributed by atoms with Crippen molar-refractivity contribution in [3.8, 4) is 0 Å². The van der Waals surface area contributed by atoms with Gasteiger partial charge in [0, 0.05) is 0 Å². The van der Waals surface area contributed by atoms with Crippen LogP contribution in [0.4, 0.5) is 4.39 Å². The Morgan fingerprint density at radius 1 is 1.44 bits per heavy atom. The summed E-state index contributed by atoms with van der Waals surface area (Å²) in [6.45, 7) is 0. The second kappa shape index (κ2) is 6.42. The fourth-order valence-corrected chi connectivity index (χ4v) is 3.53. The van der Waals surface area contributed by atoms with Crippen molar-refractivity contribution in [3.63, 3.8) is 0 Å². The van der Waals surface area contributed by atoms with Gasteiger partial charge >= 0.3 is 0 Å². The number of thiophene rings is 1. The van der Waals surface area contributed by atoms with Crippen molar-refractivity contribution in [3.05, 3.63) is 53.9 Å². The number of hydrogen-bond acceptors (Lipinski definition) is 3. The van der Waals surface area contributed by atoms with Crippen LogP contribution < -0.4 is 11.3 Å². The van der Waals surface area contributed by atoms with Crippen LogP contribution >= 0.6 is 49.9 Å². The van der Waals surface area contributed by atoms with Crippen LogP contribution in [0.2, 0.25) is 0 Å². The Hall–Kier alpha value is -0.0200. The predicted octanol–water partition coefficient (Wildman–Crippen LogP) is 4.00. The summed E-state index contributed by atoms with van der Waals surface area (Å²) < 4.78 is 14.9. The van der Waals surface area contributed by atoms with Gasteiger partial charge in [0.2, 0.25) is 0 Å². The molecule has 2 nitrogen and oxygen atoms in total. The molecule has 1 heterocycles. The molecule has 3 N–H and O–H groups in total. The normalized spacial score (nSPS) is 12.7. The lowest BCUT2D eigenvalue weighted by Crippen LogP contribution is -2.29. The summed E-state index contributed by atoms with van der Waals surface area (Å²) >= 11 is 7.16. The Morgan fingerprint density at radius 2 is 2.22 bits per heavy atom. The van der Waals surface area contributed by atoms with Gasteiger partial charge in [-0.2, -0.15) is 0 Å². The van der Waals surface area contributed by atoms with Crippen molar-refractivity contribution in [1.82, 2.24) is 5.43 Å². The molecule has 0 radical (unpaired) electrons. The molecule has 0 bridgehead atoms. The van der Waals surface area contributed by atoms with E-state index < -0.39 is 0 Å². The number of benzene rings is 1. The summed E-state index contributed by atoms with van der Waals surface area (Å²) in [5, 5.41) is 2.09. The van der Waals surface area contributed by atoms with Crippen LogP contribution in [0, 0.1) is 8.70 Å². The molecular formula is C12H11BrFIN2S. The van der Waals surface area contributed by atoms with Crippen LogP contribution in [-0.2, 0) is 6.42 Å². The first-order chi connectivity index (χ1) is 8.60. The molecule has 1 aromatic heterocycles. The van der Waals surface area contributed by atoms with E-state index in [-0.39, 0.29) is 11.9 Å². The van der Waals surface area contributed by atoms with Crippen LogP contribution in [0.25, 0.3) is 0 Å². The lowest BCUT2D eigenvalue weighted by Gasteiger charge is -2.15. The van der Waals surface area contributed by atoms with Crippen molar-refractivity contribution in [2.45, 2.75) is 12.5 Å². The first-order valence-electron chi connectivity index (χ1n) is 5.24. The molecule has 0 aliphatic carbocycles. The zero-order valence-corrected chi connectivity index (χ0v) is 13.9. The van der Waals surface area contributed by atoms with Gasteiger partial charge in [0.1, 0.15) is 5.82 Å². The third-order valence-corrected chi connectivity index (χ3v) is 5.03. The Balaban J connectivity index is 2.17. The van der Waals surface area contributed by atoms with Gasteiger partial charge in [0.15, 0.2) is 0 Å². The van der Waals surface area contributed by atoms with Gasteiger partial charge in [0.25, 0.3) is 0 Å². The standard InChI is InChI=1S/C12H11BrFIN2S/c13-9-3-7(1-2-10(9)14)4-11(17-16)8-5-12(15)18-6-8/h1-3,5-6,11,17H,4,16H2. The van der Waals surface area contributed by atoms with Gasteiger partial charge < -0.3 is 0 Å². The third kappa shape index (κ3) is 3.51. The molecular weight excluding hydrogens is 430 g/mol. The fraction of sp³-hybridized carbons (Fsp3) is 0.167. The Bertz CT molecular complexity index is 547. The van der Waals surface area contributed by atoms with Gasteiger partial charge in [-0.25, -0.2) is 4.39 Å². The average Bonchev–Trinajstić information content (AvgIpc) is 2.77. The Labute approximate surface area is 131 Å². The third-order valence-electron chi connectivity index (χ3n) is 2.62. The molecule has 0 saturated carbocycles. The molecule has 0 aliphatic heterocycles. The highest BCUT2D eigenvalue weighted by atomic mass is 127. The number of halogens is 3. The van der Waals surface area contributed by atoms with Crippen molar-refractivity contribution in [1.29, 1.82) is 0 Å².